The van der Waals surface area contributed by atoms with Crippen LogP contribution in [0.3, 0.4) is 0 Å². The van der Waals surface area contributed by atoms with E-state index in [1.54, 1.807) is 0 Å². The van der Waals surface area contributed by atoms with E-state index in [0.29, 0.717) is 0 Å². The van der Waals surface area contributed by atoms with Gasteiger partial charge in [0, 0.05) is 6.04 Å². The zero-order valence-corrected chi connectivity index (χ0v) is 13.5. The summed E-state index contributed by atoms with van der Waals surface area (Å²) in [5, 5.41) is 13.5. The summed E-state index contributed by atoms with van der Waals surface area (Å²) >= 11 is 0. The van der Waals surface area contributed by atoms with E-state index in [1.165, 1.54) is 24.4 Å². The fourth-order valence-corrected chi connectivity index (χ4v) is 2.87. The SMILES string of the molecule is CC1CNCCC1NC(=O)c1cn(-c2ccccc2C(F)(F)F)nn1. The van der Waals surface area contributed by atoms with Crippen LogP contribution >= 0.6 is 0 Å². The third kappa shape index (κ3) is 3.81. The minimum Gasteiger partial charge on any atom is -0.347 e. The molecule has 2 aromatic rings. The maximum Gasteiger partial charge on any atom is 0.418 e. The zero-order chi connectivity index (χ0) is 18.0. The molecule has 9 heteroatoms. The van der Waals surface area contributed by atoms with Crippen molar-refractivity contribution in [2.24, 2.45) is 5.92 Å². The number of carbonyl (C=O) groups excluding carboxylic acids is 1. The van der Waals surface area contributed by atoms with Crippen molar-refractivity contribution in [1.82, 2.24) is 25.6 Å². The molecule has 1 aliphatic rings. The Bertz CT molecular complexity index is 758. The number of benzene rings is 1. The Morgan fingerprint density at radius 1 is 1.36 bits per heavy atom. The molecule has 2 unspecified atom stereocenters. The average molecular weight is 353 g/mol. The number of para-hydroxylation sites is 1. The lowest BCUT2D eigenvalue weighted by molar-refractivity contribution is -0.137. The molecule has 1 aromatic heterocycles. The second-order valence-electron chi connectivity index (χ2n) is 6.11. The van der Waals surface area contributed by atoms with Gasteiger partial charge in [-0.1, -0.05) is 24.3 Å². The maximum atomic E-state index is 13.1. The second-order valence-corrected chi connectivity index (χ2v) is 6.11. The summed E-state index contributed by atoms with van der Waals surface area (Å²) < 4.78 is 40.3. The number of piperidine rings is 1. The average Bonchev–Trinajstić information content (AvgIpc) is 3.06. The molecule has 1 aliphatic heterocycles. The highest BCUT2D eigenvalue weighted by atomic mass is 19.4. The Morgan fingerprint density at radius 3 is 2.84 bits per heavy atom. The summed E-state index contributed by atoms with van der Waals surface area (Å²) in [6.45, 7) is 3.63. The van der Waals surface area contributed by atoms with Crippen molar-refractivity contribution in [3.05, 3.63) is 41.7 Å². The minimum absolute atomic E-state index is 0.00126. The molecule has 25 heavy (non-hydrogen) atoms. The number of hydrogen-bond acceptors (Lipinski definition) is 4. The van der Waals surface area contributed by atoms with E-state index in [4.69, 9.17) is 0 Å². The summed E-state index contributed by atoms with van der Waals surface area (Å²) in [5.74, 6) is -0.173. The molecule has 0 aliphatic carbocycles. The number of amides is 1. The Labute approximate surface area is 142 Å². The van der Waals surface area contributed by atoms with E-state index in [2.05, 4.69) is 20.9 Å². The first-order valence-electron chi connectivity index (χ1n) is 7.97. The number of rotatable bonds is 3. The first-order valence-corrected chi connectivity index (χ1v) is 7.97. The van der Waals surface area contributed by atoms with Crippen molar-refractivity contribution in [3.63, 3.8) is 0 Å². The molecule has 3 rings (SSSR count). The molecule has 1 saturated heterocycles. The van der Waals surface area contributed by atoms with E-state index in [-0.39, 0.29) is 23.3 Å². The first-order chi connectivity index (χ1) is 11.9. The normalized spacial score (nSPS) is 21.1. The van der Waals surface area contributed by atoms with Gasteiger partial charge in [0.05, 0.1) is 17.4 Å². The van der Waals surface area contributed by atoms with Crippen LogP contribution in [0.4, 0.5) is 13.2 Å². The van der Waals surface area contributed by atoms with Crippen LogP contribution in [0.5, 0.6) is 0 Å². The molecule has 2 heterocycles. The first kappa shape index (κ1) is 17.4. The molecule has 0 spiro atoms. The van der Waals surface area contributed by atoms with E-state index in [9.17, 15) is 18.0 Å². The summed E-state index contributed by atoms with van der Waals surface area (Å²) in [4.78, 5) is 12.3. The van der Waals surface area contributed by atoms with Crippen molar-refractivity contribution >= 4 is 5.91 Å². The van der Waals surface area contributed by atoms with Gasteiger partial charge in [0.15, 0.2) is 5.69 Å². The van der Waals surface area contributed by atoms with E-state index >= 15 is 0 Å². The number of aromatic nitrogens is 3. The van der Waals surface area contributed by atoms with Crippen LogP contribution in [0, 0.1) is 5.92 Å². The molecular formula is C16H18F3N5O. The topological polar surface area (TPSA) is 71.8 Å². The molecule has 1 amide bonds. The van der Waals surface area contributed by atoms with Crippen LogP contribution in [0.2, 0.25) is 0 Å². The second kappa shape index (κ2) is 6.83. The number of halogens is 3. The lowest BCUT2D eigenvalue weighted by Gasteiger charge is -2.29. The van der Waals surface area contributed by atoms with E-state index in [1.807, 2.05) is 6.92 Å². The molecule has 0 saturated carbocycles. The predicted octanol–water partition coefficient (Wildman–Crippen LogP) is 2.01. The molecule has 1 aromatic carbocycles. The standard InChI is InChI=1S/C16H18F3N5O/c1-10-8-20-7-6-12(10)21-15(25)13-9-24(23-22-13)14-5-3-2-4-11(14)16(17,18)19/h2-5,9-10,12,20H,6-8H2,1H3,(H,21,25). The van der Waals surface area contributed by atoms with Crippen molar-refractivity contribution in [2.75, 3.05) is 13.1 Å². The molecule has 1 fully saturated rings. The summed E-state index contributed by atoms with van der Waals surface area (Å²) in [6.07, 6.45) is -2.51. The minimum atomic E-state index is -4.52. The van der Waals surface area contributed by atoms with Crippen molar-refractivity contribution < 1.29 is 18.0 Å². The number of alkyl halides is 3. The van der Waals surface area contributed by atoms with Crippen LogP contribution in [0.25, 0.3) is 5.69 Å². The molecule has 0 radical (unpaired) electrons. The number of nitrogens with zero attached hydrogens (tertiary/aromatic N) is 3. The Balaban J connectivity index is 1.80. The van der Waals surface area contributed by atoms with Gasteiger partial charge in [-0.2, -0.15) is 13.2 Å². The quantitative estimate of drug-likeness (QED) is 0.886. The van der Waals surface area contributed by atoms with Crippen LogP contribution in [-0.2, 0) is 6.18 Å². The van der Waals surface area contributed by atoms with Gasteiger partial charge in [0.2, 0.25) is 0 Å². The monoisotopic (exact) mass is 353 g/mol. The van der Waals surface area contributed by atoms with Crippen LogP contribution in [0.1, 0.15) is 29.4 Å². The zero-order valence-electron chi connectivity index (χ0n) is 13.5. The van der Waals surface area contributed by atoms with Crippen LogP contribution < -0.4 is 10.6 Å². The number of nitrogens with one attached hydrogen (secondary N) is 2. The fourth-order valence-electron chi connectivity index (χ4n) is 2.87. The lowest BCUT2D eigenvalue weighted by atomic mass is 9.95. The Kier molecular flexibility index (Phi) is 4.76. The van der Waals surface area contributed by atoms with Gasteiger partial charge in [-0.15, -0.1) is 5.10 Å². The fraction of sp³-hybridized carbons (Fsp3) is 0.438. The van der Waals surface area contributed by atoms with Gasteiger partial charge in [-0.3, -0.25) is 4.79 Å². The van der Waals surface area contributed by atoms with Crippen LogP contribution in [-0.4, -0.2) is 40.0 Å². The molecular weight excluding hydrogens is 335 g/mol. The van der Waals surface area contributed by atoms with E-state index < -0.39 is 17.6 Å². The van der Waals surface area contributed by atoms with Gasteiger partial charge in [-0.25, -0.2) is 4.68 Å². The highest BCUT2D eigenvalue weighted by Crippen LogP contribution is 2.33. The molecule has 0 bridgehead atoms. The maximum absolute atomic E-state index is 13.1. The number of carbonyl (C=O) groups is 1. The third-order valence-corrected chi connectivity index (χ3v) is 4.28. The summed E-state index contributed by atoms with van der Waals surface area (Å²) in [5.41, 5.74) is -1.02. The number of hydrogen-bond donors (Lipinski definition) is 2. The van der Waals surface area contributed by atoms with Gasteiger partial charge < -0.3 is 10.6 Å². The Hall–Kier alpha value is -2.42. The smallest absolute Gasteiger partial charge is 0.347 e. The molecule has 2 atom stereocenters. The summed E-state index contributed by atoms with van der Waals surface area (Å²) in [6, 6.07) is 5.03. The van der Waals surface area contributed by atoms with Crippen molar-refractivity contribution in [3.8, 4) is 5.69 Å². The summed E-state index contributed by atoms with van der Waals surface area (Å²) in [7, 11) is 0. The van der Waals surface area contributed by atoms with Crippen molar-refractivity contribution in [2.45, 2.75) is 25.6 Å². The molecule has 6 nitrogen and oxygen atoms in total. The van der Waals surface area contributed by atoms with E-state index in [0.717, 1.165) is 30.3 Å². The molecule has 134 valence electrons. The lowest BCUT2D eigenvalue weighted by Crippen LogP contribution is -2.48. The van der Waals surface area contributed by atoms with Crippen molar-refractivity contribution in [1.29, 1.82) is 0 Å². The van der Waals surface area contributed by atoms with Crippen LogP contribution in [0.15, 0.2) is 30.5 Å². The Morgan fingerprint density at radius 2 is 2.12 bits per heavy atom. The largest absolute Gasteiger partial charge is 0.418 e. The third-order valence-electron chi connectivity index (χ3n) is 4.28. The highest BCUT2D eigenvalue weighted by Gasteiger charge is 2.34. The van der Waals surface area contributed by atoms with Gasteiger partial charge in [0.25, 0.3) is 5.91 Å². The molecule has 2 N–H and O–H groups in total. The van der Waals surface area contributed by atoms with Gasteiger partial charge in [-0.05, 0) is 37.6 Å². The van der Waals surface area contributed by atoms with Gasteiger partial charge in [0.1, 0.15) is 0 Å². The predicted molar refractivity (Wildman–Crippen MR) is 84.3 cm³/mol. The highest BCUT2D eigenvalue weighted by molar-refractivity contribution is 5.92. The van der Waals surface area contributed by atoms with Gasteiger partial charge >= 0.3 is 6.18 Å².